The van der Waals surface area contributed by atoms with Gasteiger partial charge in [-0.2, -0.15) is 0 Å². The Balaban J connectivity index is 2.43. The first-order valence-electron chi connectivity index (χ1n) is 5.52. The summed E-state index contributed by atoms with van der Waals surface area (Å²) in [5.74, 6) is 0.170. The molecule has 0 atom stereocenters. The molecule has 1 N–H and O–H groups in total. The number of hydrogen-bond acceptors (Lipinski definition) is 3. The van der Waals surface area contributed by atoms with Crippen molar-refractivity contribution in [2.75, 3.05) is 23.9 Å². The quantitative estimate of drug-likeness (QED) is 0.829. The third kappa shape index (κ3) is 5.16. The number of hydrogen-bond donors (Lipinski definition) is 1. The summed E-state index contributed by atoms with van der Waals surface area (Å²) in [6.45, 7) is 2.62. The first-order chi connectivity index (χ1) is 7.51. The molecule has 1 rings (SSSR count). The number of rotatable bonds is 6. The van der Waals surface area contributed by atoms with Gasteiger partial charge in [-0.1, -0.05) is 25.5 Å². The van der Waals surface area contributed by atoms with Crippen LogP contribution in [0.5, 0.6) is 0 Å². The van der Waals surface area contributed by atoms with E-state index in [4.69, 9.17) is 0 Å². The fraction of sp³-hybridized carbons (Fsp3) is 0.500. The van der Waals surface area contributed by atoms with E-state index in [9.17, 15) is 8.42 Å². The normalized spacial score (nSPS) is 11.4. The van der Waals surface area contributed by atoms with Crippen LogP contribution in [0.2, 0.25) is 0 Å². The van der Waals surface area contributed by atoms with Crippen LogP contribution in [0.4, 0.5) is 5.69 Å². The van der Waals surface area contributed by atoms with Gasteiger partial charge in [0.1, 0.15) is 9.84 Å². The number of sulfone groups is 1. The molecule has 1 aromatic carbocycles. The second kappa shape index (κ2) is 5.89. The average Bonchev–Trinajstić information content (AvgIpc) is 2.19. The van der Waals surface area contributed by atoms with Crippen LogP contribution in [-0.2, 0) is 16.3 Å². The summed E-state index contributed by atoms with van der Waals surface area (Å²) >= 11 is 0. The molecule has 0 fully saturated rings. The highest BCUT2D eigenvalue weighted by molar-refractivity contribution is 7.90. The van der Waals surface area contributed by atoms with Gasteiger partial charge in [0.25, 0.3) is 0 Å². The standard InChI is InChI=1S/C12H19NO2S/c1-3-4-11-5-7-12(8-6-11)13-9-10-16(2,14)15/h5-8,13H,3-4,9-10H2,1-2H3. The van der Waals surface area contributed by atoms with Gasteiger partial charge in [-0.25, -0.2) is 8.42 Å². The van der Waals surface area contributed by atoms with E-state index in [1.807, 2.05) is 12.1 Å². The highest BCUT2D eigenvalue weighted by Crippen LogP contribution is 2.10. The van der Waals surface area contributed by atoms with Crippen molar-refractivity contribution in [3.8, 4) is 0 Å². The van der Waals surface area contributed by atoms with E-state index in [2.05, 4.69) is 24.4 Å². The fourth-order valence-electron chi connectivity index (χ4n) is 1.46. The zero-order chi connectivity index (χ0) is 12.0. The molecule has 0 aliphatic carbocycles. The third-order valence-corrected chi connectivity index (χ3v) is 3.24. The van der Waals surface area contributed by atoms with Crippen LogP contribution in [0.1, 0.15) is 18.9 Å². The number of nitrogens with one attached hydrogen (secondary N) is 1. The highest BCUT2D eigenvalue weighted by atomic mass is 32.2. The molecule has 0 radical (unpaired) electrons. The summed E-state index contributed by atoms with van der Waals surface area (Å²) in [5.41, 5.74) is 2.29. The second-order valence-electron chi connectivity index (χ2n) is 4.00. The monoisotopic (exact) mass is 241 g/mol. The molecule has 16 heavy (non-hydrogen) atoms. The van der Waals surface area contributed by atoms with Crippen LogP contribution >= 0.6 is 0 Å². The van der Waals surface area contributed by atoms with Crippen molar-refractivity contribution in [3.63, 3.8) is 0 Å². The van der Waals surface area contributed by atoms with Gasteiger partial charge in [0.2, 0.25) is 0 Å². The molecule has 4 heteroatoms. The molecule has 0 unspecified atom stereocenters. The summed E-state index contributed by atoms with van der Waals surface area (Å²) in [7, 11) is -2.87. The molecule has 0 aliphatic heterocycles. The SMILES string of the molecule is CCCc1ccc(NCCS(C)(=O)=O)cc1. The summed E-state index contributed by atoms with van der Waals surface area (Å²) < 4.78 is 21.8. The van der Waals surface area contributed by atoms with Gasteiger partial charge in [0, 0.05) is 18.5 Å². The van der Waals surface area contributed by atoms with Gasteiger partial charge in [-0.3, -0.25) is 0 Å². The lowest BCUT2D eigenvalue weighted by Gasteiger charge is -2.06. The van der Waals surface area contributed by atoms with Crippen LogP contribution in [0.3, 0.4) is 0 Å². The first kappa shape index (κ1) is 13.0. The van der Waals surface area contributed by atoms with E-state index in [1.165, 1.54) is 11.8 Å². The summed E-state index contributed by atoms with van der Waals surface area (Å²) in [6, 6.07) is 8.14. The van der Waals surface area contributed by atoms with Crippen molar-refractivity contribution in [2.24, 2.45) is 0 Å². The Kier molecular flexibility index (Phi) is 4.80. The molecular weight excluding hydrogens is 222 g/mol. The second-order valence-corrected chi connectivity index (χ2v) is 6.26. The zero-order valence-corrected chi connectivity index (χ0v) is 10.7. The van der Waals surface area contributed by atoms with Crippen LogP contribution in [0.25, 0.3) is 0 Å². The Morgan fingerprint density at radius 1 is 1.19 bits per heavy atom. The molecule has 0 aliphatic rings. The average molecular weight is 241 g/mol. The predicted molar refractivity (Wildman–Crippen MR) is 68.6 cm³/mol. The molecule has 0 amide bonds. The highest BCUT2D eigenvalue weighted by Gasteiger charge is 2.00. The van der Waals surface area contributed by atoms with Gasteiger partial charge < -0.3 is 5.32 Å². The Hall–Kier alpha value is -1.03. The summed E-state index contributed by atoms with van der Waals surface area (Å²) in [5, 5.41) is 3.09. The van der Waals surface area contributed by atoms with Crippen molar-refractivity contribution in [1.29, 1.82) is 0 Å². The van der Waals surface area contributed by atoms with Crippen molar-refractivity contribution in [3.05, 3.63) is 29.8 Å². The first-order valence-corrected chi connectivity index (χ1v) is 7.58. The zero-order valence-electron chi connectivity index (χ0n) is 9.86. The molecule has 90 valence electrons. The van der Waals surface area contributed by atoms with Crippen LogP contribution in [0.15, 0.2) is 24.3 Å². The van der Waals surface area contributed by atoms with E-state index < -0.39 is 9.84 Å². The molecule has 0 saturated carbocycles. The van der Waals surface area contributed by atoms with E-state index in [-0.39, 0.29) is 5.75 Å². The topological polar surface area (TPSA) is 46.2 Å². The summed E-state index contributed by atoms with van der Waals surface area (Å²) in [4.78, 5) is 0. The molecule has 0 bridgehead atoms. The fourth-order valence-corrected chi connectivity index (χ4v) is 1.93. The van der Waals surface area contributed by atoms with Gasteiger partial charge in [-0.15, -0.1) is 0 Å². The van der Waals surface area contributed by atoms with Crippen molar-refractivity contribution in [1.82, 2.24) is 0 Å². The number of anilines is 1. The number of aryl methyl sites for hydroxylation is 1. The molecule has 3 nitrogen and oxygen atoms in total. The van der Waals surface area contributed by atoms with Crippen LogP contribution < -0.4 is 5.32 Å². The minimum absolute atomic E-state index is 0.170. The largest absolute Gasteiger partial charge is 0.384 e. The van der Waals surface area contributed by atoms with E-state index >= 15 is 0 Å². The van der Waals surface area contributed by atoms with Crippen LogP contribution in [0, 0.1) is 0 Å². The lowest BCUT2D eigenvalue weighted by molar-refractivity contribution is 0.602. The molecule has 0 spiro atoms. The minimum Gasteiger partial charge on any atom is -0.384 e. The molecule has 0 aromatic heterocycles. The maximum Gasteiger partial charge on any atom is 0.149 e. The van der Waals surface area contributed by atoms with Crippen molar-refractivity contribution >= 4 is 15.5 Å². The third-order valence-electron chi connectivity index (χ3n) is 2.29. The van der Waals surface area contributed by atoms with Crippen molar-refractivity contribution in [2.45, 2.75) is 19.8 Å². The maximum absolute atomic E-state index is 10.9. The Bertz CT molecular complexity index is 409. The summed E-state index contributed by atoms with van der Waals surface area (Å²) in [6.07, 6.45) is 3.48. The smallest absolute Gasteiger partial charge is 0.149 e. The van der Waals surface area contributed by atoms with E-state index in [1.54, 1.807) is 0 Å². The Labute approximate surface area is 97.8 Å². The van der Waals surface area contributed by atoms with E-state index in [0.717, 1.165) is 18.5 Å². The molecule has 0 saturated heterocycles. The predicted octanol–water partition coefficient (Wildman–Crippen LogP) is 2.10. The van der Waals surface area contributed by atoms with E-state index in [0.29, 0.717) is 6.54 Å². The lowest BCUT2D eigenvalue weighted by Crippen LogP contribution is -2.13. The molecule has 1 aromatic rings. The lowest BCUT2D eigenvalue weighted by atomic mass is 10.1. The van der Waals surface area contributed by atoms with Crippen molar-refractivity contribution < 1.29 is 8.42 Å². The maximum atomic E-state index is 10.9. The Morgan fingerprint density at radius 2 is 1.81 bits per heavy atom. The molecular formula is C12H19NO2S. The van der Waals surface area contributed by atoms with Gasteiger partial charge in [-0.05, 0) is 24.1 Å². The van der Waals surface area contributed by atoms with Crippen LogP contribution in [-0.4, -0.2) is 27.0 Å². The van der Waals surface area contributed by atoms with Gasteiger partial charge in [0.15, 0.2) is 0 Å². The molecule has 0 heterocycles. The van der Waals surface area contributed by atoms with Gasteiger partial charge in [0.05, 0.1) is 5.75 Å². The minimum atomic E-state index is -2.87. The van der Waals surface area contributed by atoms with Gasteiger partial charge >= 0.3 is 0 Å². The number of benzene rings is 1. The Morgan fingerprint density at radius 3 is 2.31 bits per heavy atom.